The Balaban J connectivity index is 2.75. The van der Waals surface area contributed by atoms with Gasteiger partial charge in [0.1, 0.15) is 0 Å². The first-order chi connectivity index (χ1) is 4.27. The third-order valence-corrected chi connectivity index (χ3v) is 0.891. The van der Waals surface area contributed by atoms with Crippen molar-refractivity contribution in [1.82, 2.24) is 0 Å². The normalized spacial score (nSPS) is 10.7. The molecule has 0 spiro atoms. The number of rotatable bonds is 5. The third kappa shape index (κ3) is 7.96. The second-order valence-corrected chi connectivity index (χ2v) is 2.51. The summed E-state index contributed by atoms with van der Waals surface area (Å²) in [6, 6.07) is 0. The summed E-state index contributed by atoms with van der Waals surface area (Å²) in [6.07, 6.45) is 2.89. The van der Waals surface area contributed by atoms with Crippen molar-refractivity contribution in [3.8, 4) is 0 Å². The molecule has 0 aromatic heterocycles. The fourth-order valence-corrected chi connectivity index (χ4v) is 0.470. The predicted octanol–water partition coefficient (Wildman–Crippen LogP) is 2.09. The molecule has 0 unspecified atom stereocenters. The molecule has 0 fully saturated rings. The molecule has 0 saturated carbocycles. The zero-order valence-corrected chi connectivity index (χ0v) is 6.39. The Morgan fingerprint density at radius 3 is 2.67 bits per heavy atom. The Morgan fingerprint density at radius 2 is 2.22 bits per heavy atom. The summed E-state index contributed by atoms with van der Waals surface area (Å²) in [7, 11) is 0. The maximum atomic E-state index is 5.24. The van der Waals surface area contributed by atoms with Gasteiger partial charge >= 0.3 is 0 Å². The molecule has 54 valence electrons. The van der Waals surface area contributed by atoms with Crippen molar-refractivity contribution in [1.29, 1.82) is 0 Å². The smallest absolute Gasteiger partial charge is 0.0497 e. The van der Waals surface area contributed by atoms with Gasteiger partial charge in [-0.2, -0.15) is 0 Å². The molecule has 2 radical (unpaired) electrons. The van der Waals surface area contributed by atoms with Crippen LogP contribution < -0.4 is 0 Å². The molecular formula is C8H16O. The van der Waals surface area contributed by atoms with Gasteiger partial charge in [0.15, 0.2) is 0 Å². The van der Waals surface area contributed by atoms with E-state index in [1.807, 2.05) is 6.42 Å². The first-order valence-electron chi connectivity index (χ1n) is 3.46. The van der Waals surface area contributed by atoms with Gasteiger partial charge in [0.25, 0.3) is 0 Å². The highest BCUT2D eigenvalue weighted by Gasteiger charge is 1.91. The molecule has 0 aromatic carbocycles. The molecule has 0 saturated heterocycles. The second kappa shape index (κ2) is 6.09. The molecule has 9 heavy (non-hydrogen) atoms. The zero-order valence-electron chi connectivity index (χ0n) is 6.39. The molecule has 0 rings (SSSR count). The lowest BCUT2D eigenvalue weighted by Crippen LogP contribution is -2.02. The molecule has 1 heteroatoms. The summed E-state index contributed by atoms with van der Waals surface area (Å²) < 4.78 is 5.24. The van der Waals surface area contributed by atoms with Gasteiger partial charge in [-0.3, -0.25) is 0 Å². The molecule has 0 aliphatic rings. The van der Waals surface area contributed by atoms with Gasteiger partial charge in [0, 0.05) is 13.2 Å². The molecule has 0 amide bonds. The summed E-state index contributed by atoms with van der Waals surface area (Å²) >= 11 is 0. The molecule has 0 atom stereocenters. The van der Waals surface area contributed by atoms with Gasteiger partial charge in [0.05, 0.1) is 0 Å². The van der Waals surface area contributed by atoms with E-state index in [2.05, 4.69) is 20.8 Å². The van der Waals surface area contributed by atoms with Gasteiger partial charge in [0.2, 0.25) is 0 Å². The Bertz CT molecular complexity index is 50.5. The Labute approximate surface area is 58.4 Å². The lowest BCUT2D eigenvalue weighted by Gasteiger charge is -2.04. The van der Waals surface area contributed by atoms with Crippen molar-refractivity contribution < 1.29 is 4.74 Å². The van der Waals surface area contributed by atoms with Gasteiger partial charge in [-0.05, 0) is 18.8 Å². The van der Waals surface area contributed by atoms with E-state index in [0.717, 1.165) is 19.6 Å². The van der Waals surface area contributed by atoms with E-state index in [1.165, 1.54) is 0 Å². The Hall–Kier alpha value is -0.0400. The van der Waals surface area contributed by atoms with E-state index in [1.54, 1.807) is 0 Å². The van der Waals surface area contributed by atoms with E-state index >= 15 is 0 Å². The molecule has 0 N–H and O–H groups in total. The van der Waals surface area contributed by atoms with Crippen molar-refractivity contribution in [2.24, 2.45) is 5.92 Å². The number of unbranched alkanes of at least 4 members (excludes halogenated alkanes) is 1. The molecule has 0 aliphatic heterocycles. The van der Waals surface area contributed by atoms with Crippen LogP contribution in [0.2, 0.25) is 0 Å². The quantitative estimate of drug-likeness (QED) is 0.515. The summed E-state index contributed by atoms with van der Waals surface area (Å²) in [4.78, 5) is 0. The monoisotopic (exact) mass is 128 g/mol. The lowest BCUT2D eigenvalue weighted by atomic mass is 10.2. The Morgan fingerprint density at radius 1 is 1.56 bits per heavy atom. The minimum absolute atomic E-state index is 0.642. The molecular weight excluding hydrogens is 112 g/mol. The molecule has 0 aliphatic carbocycles. The molecule has 0 aromatic rings. The van der Waals surface area contributed by atoms with Crippen LogP contribution in [-0.4, -0.2) is 13.2 Å². The summed E-state index contributed by atoms with van der Waals surface area (Å²) in [5.74, 6) is 0.642. The number of hydrogen-bond donors (Lipinski definition) is 0. The van der Waals surface area contributed by atoms with E-state index < -0.39 is 0 Å². The average Bonchev–Trinajstić information content (AvgIpc) is 1.80. The van der Waals surface area contributed by atoms with E-state index in [9.17, 15) is 0 Å². The van der Waals surface area contributed by atoms with Gasteiger partial charge in [-0.25, -0.2) is 0 Å². The number of hydrogen-bond acceptors (Lipinski definition) is 1. The zero-order chi connectivity index (χ0) is 7.11. The minimum atomic E-state index is 0.642. The van der Waals surface area contributed by atoms with E-state index in [-0.39, 0.29) is 0 Å². The standard InChI is InChI=1S/C8H16O/c1-4-5-6-9-7-8(2)3/h5,8H,1,4,6-7H2,2-3H3. The highest BCUT2D eigenvalue weighted by Crippen LogP contribution is 1.93. The van der Waals surface area contributed by atoms with Crippen LogP contribution in [0.25, 0.3) is 0 Å². The Kier molecular flexibility index (Phi) is 6.06. The van der Waals surface area contributed by atoms with Gasteiger partial charge in [-0.15, -0.1) is 0 Å². The van der Waals surface area contributed by atoms with E-state index in [4.69, 9.17) is 4.74 Å². The molecule has 1 nitrogen and oxygen atoms in total. The van der Waals surface area contributed by atoms with Crippen molar-refractivity contribution in [3.63, 3.8) is 0 Å². The van der Waals surface area contributed by atoms with Crippen LogP contribution in [0, 0.1) is 19.3 Å². The lowest BCUT2D eigenvalue weighted by molar-refractivity contribution is 0.126. The largest absolute Gasteiger partial charge is 0.381 e. The highest BCUT2D eigenvalue weighted by atomic mass is 16.5. The van der Waals surface area contributed by atoms with Crippen molar-refractivity contribution in [3.05, 3.63) is 13.3 Å². The van der Waals surface area contributed by atoms with E-state index in [0.29, 0.717) is 5.92 Å². The minimum Gasteiger partial charge on any atom is -0.381 e. The predicted molar refractivity (Wildman–Crippen MR) is 39.9 cm³/mol. The van der Waals surface area contributed by atoms with Gasteiger partial charge < -0.3 is 4.74 Å². The maximum absolute atomic E-state index is 5.24. The van der Waals surface area contributed by atoms with Crippen LogP contribution in [0.3, 0.4) is 0 Å². The first-order valence-corrected chi connectivity index (χ1v) is 3.46. The molecule has 0 bridgehead atoms. The topological polar surface area (TPSA) is 9.23 Å². The third-order valence-electron chi connectivity index (χ3n) is 0.891. The van der Waals surface area contributed by atoms with Crippen LogP contribution in [-0.2, 0) is 4.74 Å². The highest BCUT2D eigenvalue weighted by molar-refractivity contribution is 4.63. The van der Waals surface area contributed by atoms with Crippen molar-refractivity contribution >= 4 is 0 Å². The summed E-state index contributed by atoms with van der Waals surface area (Å²) in [5, 5.41) is 0. The first kappa shape index (κ1) is 8.96. The summed E-state index contributed by atoms with van der Waals surface area (Å²) in [5.41, 5.74) is 0. The fourth-order valence-electron chi connectivity index (χ4n) is 0.470. The molecule has 0 heterocycles. The van der Waals surface area contributed by atoms with Crippen LogP contribution in [0.5, 0.6) is 0 Å². The SMILES string of the molecule is [CH2]C[CH]COCC(C)C. The average molecular weight is 128 g/mol. The summed E-state index contributed by atoms with van der Waals surface area (Å²) in [6.45, 7) is 9.56. The fraction of sp³-hybridized carbons (Fsp3) is 0.750. The van der Waals surface area contributed by atoms with Crippen LogP contribution >= 0.6 is 0 Å². The van der Waals surface area contributed by atoms with Crippen LogP contribution in [0.4, 0.5) is 0 Å². The van der Waals surface area contributed by atoms with Crippen LogP contribution in [0.1, 0.15) is 20.3 Å². The number of ether oxygens (including phenoxy) is 1. The maximum Gasteiger partial charge on any atom is 0.0497 e. The van der Waals surface area contributed by atoms with Crippen molar-refractivity contribution in [2.75, 3.05) is 13.2 Å². The van der Waals surface area contributed by atoms with Crippen molar-refractivity contribution in [2.45, 2.75) is 20.3 Å². The second-order valence-electron chi connectivity index (χ2n) is 2.51. The van der Waals surface area contributed by atoms with Crippen LogP contribution in [0.15, 0.2) is 0 Å². The van der Waals surface area contributed by atoms with Gasteiger partial charge in [-0.1, -0.05) is 20.8 Å².